The normalized spacial score (nSPS) is 13.5. The lowest BCUT2D eigenvalue weighted by Gasteiger charge is -2.35. The van der Waals surface area contributed by atoms with Crippen molar-refractivity contribution in [2.45, 2.75) is 91.7 Å². The first-order valence-corrected chi connectivity index (χ1v) is 22.4. The van der Waals surface area contributed by atoms with Gasteiger partial charge in [-0.15, -0.1) is 0 Å². The third-order valence-electron chi connectivity index (χ3n) is 12.5. The van der Waals surface area contributed by atoms with E-state index in [0.29, 0.717) is 5.92 Å². The molecule has 2 aliphatic heterocycles. The van der Waals surface area contributed by atoms with Gasteiger partial charge in [0.15, 0.2) is 0 Å². The fourth-order valence-corrected chi connectivity index (χ4v) is 11.8. The number of fused-ring (bicyclic) bond motifs is 6. The highest BCUT2D eigenvalue weighted by molar-refractivity contribution is 8.01. The molecule has 8 aromatic rings. The smallest absolute Gasteiger partial charge is 0.0911 e. The van der Waals surface area contributed by atoms with Gasteiger partial charge in [0, 0.05) is 19.6 Å². The Kier molecular flexibility index (Phi) is 8.90. The van der Waals surface area contributed by atoms with Crippen LogP contribution >= 0.6 is 23.5 Å². The maximum Gasteiger partial charge on any atom is 0.247 e. The Morgan fingerprint density at radius 2 is 0.845 bits per heavy atom. The zero-order valence-electron chi connectivity index (χ0n) is 34.8. The van der Waals surface area contributed by atoms with Gasteiger partial charge in [-0.2, -0.15) is 0 Å². The van der Waals surface area contributed by atoms with Gasteiger partial charge < -0.3 is 0 Å². The fraction of sp³-hybridized carbons (Fsp3) is 0.200. The molecule has 0 fully saturated rings. The largest absolute Gasteiger partial charge is 0.247 e. The lowest BCUT2D eigenvalue weighted by Crippen LogP contribution is -2.58. The molecule has 0 N–H and O–H groups in total. The molecular formula is C55H49BS2. The van der Waals surface area contributed by atoms with Gasteiger partial charge in [0.25, 0.3) is 0 Å². The van der Waals surface area contributed by atoms with Crippen molar-refractivity contribution in [3.8, 4) is 33.4 Å². The molecule has 2 heterocycles. The molecule has 2 aliphatic rings. The second kappa shape index (κ2) is 13.8. The molecule has 58 heavy (non-hydrogen) atoms. The van der Waals surface area contributed by atoms with Gasteiger partial charge in [-0.1, -0.05) is 205 Å². The molecule has 0 aromatic heterocycles. The molecule has 0 aliphatic carbocycles. The molecule has 0 saturated carbocycles. The summed E-state index contributed by atoms with van der Waals surface area (Å²) < 4.78 is 0. The highest BCUT2D eigenvalue weighted by Crippen LogP contribution is 2.47. The molecule has 8 aromatic carbocycles. The summed E-state index contributed by atoms with van der Waals surface area (Å²) in [5, 5.41) is 5.16. The highest BCUT2D eigenvalue weighted by Gasteiger charge is 2.39. The second-order valence-electron chi connectivity index (χ2n) is 18.7. The van der Waals surface area contributed by atoms with Gasteiger partial charge in [-0.3, -0.25) is 0 Å². The van der Waals surface area contributed by atoms with Crippen molar-refractivity contribution < 1.29 is 0 Å². The zero-order valence-corrected chi connectivity index (χ0v) is 36.5. The van der Waals surface area contributed by atoms with E-state index in [9.17, 15) is 0 Å². The summed E-state index contributed by atoms with van der Waals surface area (Å²) in [7, 11) is 0. The Labute approximate surface area is 353 Å². The van der Waals surface area contributed by atoms with Gasteiger partial charge in [-0.25, -0.2) is 0 Å². The highest BCUT2D eigenvalue weighted by atomic mass is 32.2. The molecule has 0 unspecified atom stereocenters. The summed E-state index contributed by atoms with van der Waals surface area (Å²) in [5.41, 5.74) is 16.3. The van der Waals surface area contributed by atoms with Crippen molar-refractivity contribution in [3.63, 3.8) is 0 Å². The Balaban J connectivity index is 1.21. The van der Waals surface area contributed by atoms with Crippen molar-refractivity contribution >= 4 is 68.2 Å². The van der Waals surface area contributed by atoms with E-state index in [1.807, 2.05) is 23.5 Å². The van der Waals surface area contributed by atoms with Crippen LogP contribution in [-0.2, 0) is 10.8 Å². The Morgan fingerprint density at radius 3 is 1.31 bits per heavy atom. The topological polar surface area (TPSA) is 0 Å². The SMILES string of the molecule is CC(C)c1cc(-c2cc3c4c(c2)Sc2cc(C(C)(C)C)ccc2B4c2ccc(C(C)(C)C)cc2S3)cc(-c2c3ccccc3c(-c3ccccc3)c3ccccc23)c1. The minimum Gasteiger partial charge on any atom is -0.0911 e. The molecule has 0 radical (unpaired) electrons. The summed E-state index contributed by atoms with van der Waals surface area (Å²) in [6.07, 6.45) is 0. The van der Waals surface area contributed by atoms with Crippen molar-refractivity contribution in [2.75, 3.05) is 0 Å². The van der Waals surface area contributed by atoms with Crippen LogP contribution in [0.25, 0.3) is 54.9 Å². The van der Waals surface area contributed by atoms with Crippen LogP contribution in [0.1, 0.15) is 78.0 Å². The van der Waals surface area contributed by atoms with E-state index in [1.54, 1.807) is 0 Å². The predicted octanol–water partition coefficient (Wildman–Crippen LogP) is 14.2. The summed E-state index contributed by atoms with van der Waals surface area (Å²) >= 11 is 3.94. The monoisotopic (exact) mass is 784 g/mol. The number of benzene rings is 8. The fourth-order valence-electron chi connectivity index (χ4n) is 9.24. The van der Waals surface area contributed by atoms with Crippen LogP contribution in [0.5, 0.6) is 0 Å². The second-order valence-corrected chi connectivity index (χ2v) is 20.9. The minimum absolute atomic E-state index is 0.0755. The average Bonchev–Trinajstić information content (AvgIpc) is 3.21. The van der Waals surface area contributed by atoms with E-state index in [1.165, 1.54) is 108 Å². The molecule has 3 heteroatoms. The summed E-state index contributed by atoms with van der Waals surface area (Å²) in [4.78, 5) is 5.54. The van der Waals surface area contributed by atoms with Crippen LogP contribution in [0.2, 0.25) is 0 Å². The minimum atomic E-state index is 0.0755. The third-order valence-corrected chi connectivity index (χ3v) is 14.7. The van der Waals surface area contributed by atoms with Gasteiger partial charge in [0.05, 0.1) is 0 Å². The van der Waals surface area contributed by atoms with Crippen LogP contribution in [0, 0.1) is 0 Å². The quantitative estimate of drug-likeness (QED) is 0.129. The summed E-state index contributed by atoms with van der Waals surface area (Å²) in [6.45, 7) is 18.8. The maximum absolute atomic E-state index is 2.51. The van der Waals surface area contributed by atoms with Crippen LogP contribution in [0.15, 0.2) is 165 Å². The molecule has 0 bridgehead atoms. The van der Waals surface area contributed by atoms with Gasteiger partial charge in [-0.05, 0) is 124 Å². The number of rotatable bonds is 4. The van der Waals surface area contributed by atoms with Crippen LogP contribution in [-0.4, -0.2) is 6.71 Å². The maximum atomic E-state index is 2.51. The van der Waals surface area contributed by atoms with E-state index in [0.717, 1.165) is 0 Å². The van der Waals surface area contributed by atoms with E-state index >= 15 is 0 Å². The van der Waals surface area contributed by atoms with Gasteiger partial charge in [0.1, 0.15) is 0 Å². The lowest BCUT2D eigenvalue weighted by molar-refractivity contribution is 0.589. The Morgan fingerprint density at radius 1 is 0.414 bits per heavy atom. The van der Waals surface area contributed by atoms with E-state index < -0.39 is 0 Å². The van der Waals surface area contributed by atoms with E-state index in [-0.39, 0.29) is 17.5 Å². The van der Waals surface area contributed by atoms with Crippen LogP contribution in [0.4, 0.5) is 0 Å². The van der Waals surface area contributed by atoms with E-state index in [2.05, 4.69) is 201 Å². The van der Waals surface area contributed by atoms with Gasteiger partial charge in [0.2, 0.25) is 6.71 Å². The first-order valence-electron chi connectivity index (χ1n) is 20.8. The van der Waals surface area contributed by atoms with Crippen molar-refractivity contribution in [1.29, 1.82) is 0 Å². The number of hydrogen-bond donors (Lipinski definition) is 0. The Bertz CT molecular complexity index is 2800. The molecule has 0 atom stereocenters. The zero-order chi connectivity index (χ0) is 40.1. The Hall–Kier alpha value is -4.96. The third kappa shape index (κ3) is 6.25. The first-order chi connectivity index (χ1) is 27.8. The van der Waals surface area contributed by atoms with Crippen molar-refractivity contribution in [1.82, 2.24) is 0 Å². The van der Waals surface area contributed by atoms with Gasteiger partial charge >= 0.3 is 0 Å². The van der Waals surface area contributed by atoms with Crippen LogP contribution in [0.3, 0.4) is 0 Å². The van der Waals surface area contributed by atoms with Crippen molar-refractivity contribution in [3.05, 3.63) is 162 Å². The number of hydrogen-bond acceptors (Lipinski definition) is 2. The molecule has 0 nitrogen and oxygen atoms in total. The predicted molar refractivity (Wildman–Crippen MR) is 255 cm³/mol. The lowest BCUT2D eigenvalue weighted by atomic mass is 9.36. The molecule has 0 amide bonds. The van der Waals surface area contributed by atoms with Crippen LogP contribution < -0.4 is 16.4 Å². The molecular weight excluding hydrogens is 736 g/mol. The van der Waals surface area contributed by atoms with E-state index in [4.69, 9.17) is 0 Å². The molecule has 0 saturated heterocycles. The average molecular weight is 785 g/mol. The summed E-state index contributed by atoms with van der Waals surface area (Å²) in [5.74, 6) is 0.370. The standard InChI is InChI=1S/C55H49BS2/c1-33(2)35-26-36(28-38(27-35)52-43-20-14-12-18-41(43)51(34-16-10-9-11-17-34)42-19-13-15-21-44(42)52)37-29-49-53-50(30-37)58-48-32-40(55(6,7)8)23-25-46(48)56(53)45-24-22-39(54(3,4)5)31-47(45)57-49/h9-33H,1-8H3. The first kappa shape index (κ1) is 37.3. The molecule has 0 spiro atoms. The van der Waals surface area contributed by atoms with Crippen molar-refractivity contribution in [2.24, 2.45) is 0 Å². The molecule has 10 rings (SSSR count). The summed E-state index contributed by atoms with van der Waals surface area (Å²) in [6, 6.07) is 56.0. The molecule has 284 valence electrons.